The highest BCUT2D eigenvalue weighted by Crippen LogP contribution is 2.33. The Balaban J connectivity index is 2.09. The van der Waals surface area contributed by atoms with Gasteiger partial charge in [0.05, 0.1) is 10.6 Å². The van der Waals surface area contributed by atoms with Crippen LogP contribution < -0.4 is 15.8 Å². The van der Waals surface area contributed by atoms with Crippen LogP contribution in [0.3, 0.4) is 0 Å². The van der Waals surface area contributed by atoms with Gasteiger partial charge in [-0.15, -0.1) is 11.3 Å². The summed E-state index contributed by atoms with van der Waals surface area (Å²) in [4.78, 5) is 24.7. The highest BCUT2D eigenvalue weighted by Gasteiger charge is 2.20. The molecule has 3 N–H and O–H groups in total. The van der Waals surface area contributed by atoms with Crippen molar-refractivity contribution in [1.29, 1.82) is 0 Å². The van der Waals surface area contributed by atoms with Gasteiger partial charge in [-0.05, 0) is 37.1 Å². The van der Waals surface area contributed by atoms with E-state index in [2.05, 4.69) is 21.2 Å². The zero-order valence-electron chi connectivity index (χ0n) is 13.1. The summed E-state index contributed by atoms with van der Waals surface area (Å²) in [6.45, 7) is 3.60. The van der Waals surface area contributed by atoms with E-state index < -0.39 is 5.91 Å². The molecule has 0 atom stereocenters. The van der Waals surface area contributed by atoms with Crippen molar-refractivity contribution < 1.29 is 14.3 Å². The molecule has 0 saturated heterocycles. The van der Waals surface area contributed by atoms with Crippen LogP contribution in [0.4, 0.5) is 5.00 Å². The second-order valence-electron chi connectivity index (χ2n) is 4.97. The summed E-state index contributed by atoms with van der Waals surface area (Å²) in [7, 11) is 0. The number of rotatable bonds is 6. The monoisotopic (exact) mass is 430 g/mol. The summed E-state index contributed by atoms with van der Waals surface area (Å²) in [6, 6.07) is 5.11. The van der Waals surface area contributed by atoms with Gasteiger partial charge in [-0.1, -0.05) is 34.5 Å². The Labute approximate surface area is 157 Å². The average Bonchev–Trinajstić information content (AvgIpc) is 2.81. The van der Waals surface area contributed by atoms with Crippen molar-refractivity contribution >= 4 is 55.7 Å². The first kappa shape index (κ1) is 18.8. The second-order valence-corrected chi connectivity index (χ2v) is 7.52. The molecule has 0 radical (unpaired) electrons. The molecule has 2 aromatic rings. The molecule has 0 aliphatic heterocycles. The number of thiophene rings is 1. The van der Waals surface area contributed by atoms with E-state index in [1.54, 1.807) is 18.2 Å². The Hall–Kier alpha value is -1.57. The Morgan fingerprint density at radius 2 is 2.12 bits per heavy atom. The fourth-order valence-electron chi connectivity index (χ4n) is 2.25. The number of anilines is 1. The van der Waals surface area contributed by atoms with Gasteiger partial charge in [0.1, 0.15) is 10.8 Å². The largest absolute Gasteiger partial charge is 0.482 e. The van der Waals surface area contributed by atoms with Crippen LogP contribution in [0.15, 0.2) is 22.7 Å². The molecular formula is C16H16BrClN2O3S. The molecule has 2 rings (SSSR count). The number of amides is 2. The van der Waals surface area contributed by atoms with Crippen LogP contribution in [0.25, 0.3) is 0 Å². The maximum absolute atomic E-state index is 12.1. The van der Waals surface area contributed by atoms with Gasteiger partial charge >= 0.3 is 0 Å². The SMILES string of the molecule is CCc1c(C)sc(NC(=O)COc2ccc(Br)cc2Cl)c1C(N)=O. The van der Waals surface area contributed by atoms with Crippen molar-refractivity contribution in [3.63, 3.8) is 0 Å². The number of nitrogens with one attached hydrogen (secondary N) is 1. The fraction of sp³-hybridized carbons (Fsp3) is 0.250. The van der Waals surface area contributed by atoms with Crippen LogP contribution in [0.5, 0.6) is 5.75 Å². The summed E-state index contributed by atoms with van der Waals surface area (Å²) < 4.78 is 6.23. The first-order chi connectivity index (χ1) is 11.3. The van der Waals surface area contributed by atoms with Crippen LogP contribution >= 0.6 is 38.9 Å². The van der Waals surface area contributed by atoms with Gasteiger partial charge in [0.15, 0.2) is 6.61 Å². The van der Waals surface area contributed by atoms with Crippen molar-refractivity contribution in [2.75, 3.05) is 11.9 Å². The topological polar surface area (TPSA) is 81.4 Å². The first-order valence-electron chi connectivity index (χ1n) is 7.13. The van der Waals surface area contributed by atoms with Crippen molar-refractivity contribution in [1.82, 2.24) is 0 Å². The molecule has 0 bridgehead atoms. The van der Waals surface area contributed by atoms with Gasteiger partial charge < -0.3 is 15.8 Å². The number of hydrogen-bond donors (Lipinski definition) is 2. The average molecular weight is 432 g/mol. The Morgan fingerprint density at radius 3 is 2.71 bits per heavy atom. The minimum absolute atomic E-state index is 0.224. The van der Waals surface area contributed by atoms with Crippen LogP contribution in [0.1, 0.15) is 27.7 Å². The van der Waals surface area contributed by atoms with Gasteiger partial charge in [-0.3, -0.25) is 9.59 Å². The second kappa shape index (κ2) is 8.00. The Morgan fingerprint density at radius 1 is 1.42 bits per heavy atom. The zero-order valence-corrected chi connectivity index (χ0v) is 16.3. The highest BCUT2D eigenvalue weighted by molar-refractivity contribution is 9.10. The summed E-state index contributed by atoms with van der Waals surface area (Å²) in [5.74, 6) is -0.537. The van der Waals surface area contributed by atoms with Crippen LogP contribution in [-0.2, 0) is 11.2 Å². The third kappa shape index (κ3) is 4.28. The lowest BCUT2D eigenvalue weighted by molar-refractivity contribution is -0.118. The number of aryl methyl sites for hydroxylation is 1. The van der Waals surface area contributed by atoms with Gasteiger partial charge in [-0.25, -0.2) is 0 Å². The van der Waals surface area contributed by atoms with E-state index in [4.69, 9.17) is 22.1 Å². The minimum Gasteiger partial charge on any atom is -0.482 e. The zero-order chi connectivity index (χ0) is 17.9. The van der Waals surface area contributed by atoms with E-state index in [9.17, 15) is 9.59 Å². The molecule has 0 aliphatic carbocycles. The van der Waals surface area contributed by atoms with Crippen molar-refractivity contribution in [2.45, 2.75) is 20.3 Å². The predicted octanol–water partition coefficient (Wildman–Crippen LogP) is 4.15. The van der Waals surface area contributed by atoms with E-state index in [0.29, 0.717) is 27.8 Å². The van der Waals surface area contributed by atoms with Crippen molar-refractivity contribution in [3.8, 4) is 5.75 Å². The fourth-order valence-corrected chi connectivity index (χ4v) is 4.15. The molecule has 2 amide bonds. The van der Waals surface area contributed by atoms with Crippen LogP contribution in [0, 0.1) is 6.92 Å². The molecule has 1 heterocycles. The van der Waals surface area contributed by atoms with E-state index in [-0.39, 0.29) is 12.5 Å². The molecule has 0 saturated carbocycles. The van der Waals surface area contributed by atoms with Crippen LogP contribution in [-0.4, -0.2) is 18.4 Å². The molecule has 1 aromatic heterocycles. The van der Waals surface area contributed by atoms with E-state index in [1.165, 1.54) is 11.3 Å². The lowest BCUT2D eigenvalue weighted by atomic mass is 10.1. The first-order valence-corrected chi connectivity index (χ1v) is 9.12. The number of carbonyl (C=O) groups is 2. The van der Waals surface area contributed by atoms with Crippen molar-refractivity contribution in [3.05, 3.63) is 43.7 Å². The molecule has 0 spiro atoms. The number of nitrogens with two attached hydrogens (primary N) is 1. The number of ether oxygens (including phenoxy) is 1. The number of halogens is 2. The lowest BCUT2D eigenvalue weighted by Crippen LogP contribution is -2.22. The lowest BCUT2D eigenvalue weighted by Gasteiger charge is -2.09. The smallest absolute Gasteiger partial charge is 0.262 e. The third-order valence-corrected chi connectivity index (χ3v) is 5.17. The third-order valence-electron chi connectivity index (χ3n) is 3.31. The van der Waals surface area contributed by atoms with Crippen molar-refractivity contribution in [2.24, 2.45) is 5.73 Å². The summed E-state index contributed by atoms with van der Waals surface area (Å²) in [6.07, 6.45) is 0.668. The highest BCUT2D eigenvalue weighted by atomic mass is 79.9. The molecule has 5 nitrogen and oxygen atoms in total. The van der Waals surface area contributed by atoms with E-state index in [1.807, 2.05) is 13.8 Å². The van der Waals surface area contributed by atoms with Gasteiger partial charge in [0.2, 0.25) is 0 Å². The number of hydrogen-bond acceptors (Lipinski definition) is 4. The summed E-state index contributed by atoms with van der Waals surface area (Å²) in [5.41, 5.74) is 6.67. The molecule has 0 fully saturated rings. The van der Waals surface area contributed by atoms with E-state index in [0.717, 1.165) is 14.9 Å². The molecule has 24 heavy (non-hydrogen) atoms. The standard InChI is InChI=1S/C16H16BrClN2O3S/c1-3-10-8(2)24-16(14(10)15(19)22)20-13(21)7-23-12-5-4-9(17)6-11(12)18/h4-6H,3,7H2,1-2H3,(H2,19,22)(H,20,21). The Kier molecular flexibility index (Phi) is 6.26. The van der Waals surface area contributed by atoms with Gasteiger partial charge in [0.25, 0.3) is 11.8 Å². The predicted molar refractivity (Wildman–Crippen MR) is 100 cm³/mol. The maximum Gasteiger partial charge on any atom is 0.262 e. The Bertz CT molecular complexity index is 792. The quantitative estimate of drug-likeness (QED) is 0.721. The normalized spacial score (nSPS) is 10.5. The molecule has 1 aromatic carbocycles. The van der Waals surface area contributed by atoms with E-state index >= 15 is 0 Å². The number of carbonyl (C=O) groups excluding carboxylic acids is 2. The molecular weight excluding hydrogens is 416 g/mol. The molecule has 0 unspecified atom stereocenters. The van der Waals surface area contributed by atoms with Gasteiger partial charge in [0, 0.05) is 9.35 Å². The van der Waals surface area contributed by atoms with Gasteiger partial charge in [-0.2, -0.15) is 0 Å². The number of benzene rings is 1. The summed E-state index contributed by atoms with van der Waals surface area (Å²) in [5, 5.41) is 3.54. The maximum atomic E-state index is 12.1. The summed E-state index contributed by atoms with van der Waals surface area (Å²) >= 11 is 10.7. The molecule has 8 heteroatoms. The molecule has 128 valence electrons. The van der Waals surface area contributed by atoms with Crippen LogP contribution in [0.2, 0.25) is 5.02 Å². The minimum atomic E-state index is -0.552. The number of primary amides is 1. The molecule has 0 aliphatic rings.